The fourth-order valence-corrected chi connectivity index (χ4v) is 3.18. The van der Waals surface area contributed by atoms with Gasteiger partial charge in [0.2, 0.25) is 0 Å². The molecule has 0 heterocycles. The van der Waals surface area contributed by atoms with Gasteiger partial charge in [-0.05, 0) is 64.3 Å². The van der Waals surface area contributed by atoms with E-state index in [1.54, 1.807) is 71.9 Å². The summed E-state index contributed by atoms with van der Waals surface area (Å²) in [6.07, 6.45) is 0.479. The van der Waals surface area contributed by atoms with Crippen LogP contribution in [0.15, 0.2) is 54.6 Å². The number of hydrogen-bond donors (Lipinski definition) is 0. The third-order valence-corrected chi connectivity index (χ3v) is 4.41. The molecule has 6 heteroatoms. The second-order valence-electron chi connectivity index (χ2n) is 8.41. The van der Waals surface area contributed by atoms with Crippen molar-refractivity contribution in [3.63, 3.8) is 0 Å². The number of carbonyl (C=O) groups is 3. The highest BCUT2D eigenvalue weighted by atomic mass is 16.6. The van der Waals surface area contributed by atoms with Crippen molar-refractivity contribution in [3.05, 3.63) is 71.3 Å². The van der Waals surface area contributed by atoms with Gasteiger partial charge < -0.3 is 14.2 Å². The van der Waals surface area contributed by atoms with Crippen molar-refractivity contribution in [2.75, 3.05) is 0 Å². The molecule has 2 aromatic carbocycles. The number of carbonyl (C=O) groups excluding carboxylic acids is 3. The minimum absolute atomic E-state index is 0.227. The molecule has 2 rings (SSSR count). The molecule has 0 spiro atoms. The normalized spacial score (nSPS) is 11.8. The lowest BCUT2D eigenvalue weighted by Gasteiger charge is -2.22. The van der Waals surface area contributed by atoms with Gasteiger partial charge in [-0.2, -0.15) is 0 Å². The number of ether oxygens (including phenoxy) is 3. The van der Waals surface area contributed by atoms with Gasteiger partial charge in [-0.15, -0.1) is 0 Å². The van der Waals surface area contributed by atoms with Crippen molar-refractivity contribution >= 4 is 29.6 Å². The molecule has 0 bridgehead atoms. The zero-order chi connectivity index (χ0) is 24.5. The lowest BCUT2D eigenvalue weighted by atomic mass is 9.89. The molecule has 0 saturated heterocycles. The van der Waals surface area contributed by atoms with Crippen molar-refractivity contribution in [1.29, 1.82) is 0 Å². The molecule has 0 aromatic heterocycles. The van der Waals surface area contributed by atoms with Crippen LogP contribution in [0.5, 0.6) is 0 Å². The maximum absolute atomic E-state index is 13.1. The smallest absolute Gasteiger partial charge is 0.339 e. The zero-order valence-electron chi connectivity index (χ0n) is 20.0. The third-order valence-electron chi connectivity index (χ3n) is 4.41. The molecule has 0 aliphatic carbocycles. The molecule has 176 valence electrons. The summed E-state index contributed by atoms with van der Waals surface area (Å²) in [5.74, 6) is -3.38. The highest BCUT2D eigenvalue weighted by Gasteiger charge is 2.36. The summed E-state index contributed by atoms with van der Waals surface area (Å²) in [7, 11) is 0. The summed E-state index contributed by atoms with van der Waals surface area (Å²) >= 11 is 0. The number of hydrogen-bond acceptors (Lipinski definition) is 6. The number of esters is 3. The van der Waals surface area contributed by atoms with Gasteiger partial charge in [-0.1, -0.05) is 54.6 Å². The van der Waals surface area contributed by atoms with E-state index in [0.717, 1.165) is 5.56 Å². The molecule has 0 saturated carbocycles. The molecule has 0 unspecified atom stereocenters. The fourth-order valence-electron chi connectivity index (χ4n) is 3.18. The summed E-state index contributed by atoms with van der Waals surface area (Å²) in [4.78, 5) is 39.1. The van der Waals surface area contributed by atoms with Crippen LogP contribution in [0.3, 0.4) is 0 Å². The highest BCUT2D eigenvalue weighted by molar-refractivity contribution is 6.22. The van der Waals surface area contributed by atoms with E-state index >= 15 is 0 Å². The molecule has 0 atom stereocenters. The average Bonchev–Trinajstić information content (AvgIpc) is 2.72. The van der Waals surface area contributed by atoms with Crippen molar-refractivity contribution < 1.29 is 28.6 Å². The summed E-state index contributed by atoms with van der Waals surface area (Å²) in [6.45, 7) is 10.3. The van der Waals surface area contributed by atoms with Crippen molar-refractivity contribution in [2.24, 2.45) is 0 Å². The van der Waals surface area contributed by atoms with E-state index < -0.39 is 36.0 Å². The molecule has 0 aliphatic rings. The van der Waals surface area contributed by atoms with Gasteiger partial charge in [0, 0.05) is 0 Å². The van der Waals surface area contributed by atoms with Crippen LogP contribution < -0.4 is 0 Å². The molecular weight excluding hydrogens is 420 g/mol. The van der Waals surface area contributed by atoms with Crippen LogP contribution >= 0.6 is 0 Å². The summed E-state index contributed by atoms with van der Waals surface area (Å²) < 4.78 is 16.2. The first-order chi connectivity index (χ1) is 15.6. The van der Waals surface area contributed by atoms with Gasteiger partial charge in [-0.3, -0.25) is 9.59 Å². The van der Waals surface area contributed by atoms with Crippen LogP contribution in [-0.2, 0) is 28.6 Å². The molecule has 6 nitrogen and oxygen atoms in total. The van der Waals surface area contributed by atoms with E-state index in [-0.39, 0.29) is 11.7 Å². The first kappa shape index (κ1) is 25.8. The predicted octanol–water partition coefficient (Wildman–Crippen LogP) is 5.17. The Bertz CT molecular complexity index is 967. The topological polar surface area (TPSA) is 78.9 Å². The van der Waals surface area contributed by atoms with Gasteiger partial charge >= 0.3 is 17.9 Å². The minimum atomic E-state index is -1.35. The molecule has 33 heavy (non-hydrogen) atoms. The van der Waals surface area contributed by atoms with Gasteiger partial charge in [0.1, 0.15) is 0 Å². The molecule has 0 N–H and O–H groups in total. The van der Waals surface area contributed by atoms with Crippen LogP contribution in [0.25, 0.3) is 11.6 Å². The minimum Gasteiger partial charge on any atom is -0.462 e. The lowest BCUT2D eigenvalue weighted by molar-refractivity contribution is -0.161. The zero-order valence-corrected chi connectivity index (χ0v) is 20.0. The Morgan fingerprint density at radius 3 is 1.67 bits per heavy atom. The van der Waals surface area contributed by atoms with Crippen LogP contribution in [0.2, 0.25) is 0 Å². The Morgan fingerprint density at radius 1 is 0.667 bits per heavy atom. The van der Waals surface area contributed by atoms with Gasteiger partial charge in [-0.25, -0.2) is 4.79 Å². The van der Waals surface area contributed by atoms with Crippen molar-refractivity contribution in [2.45, 2.75) is 65.8 Å². The first-order valence-corrected chi connectivity index (χ1v) is 11.1. The van der Waals surface area contributed by atoms with Gasteiger partial charge in [0.15, 0.2) is 5.92 Å². The summed E-state index contributed by atoms with van der Waals surface area (Å²) in [5, 5.41) is 0. The van der Waals surface area contributed by atoms with E-state index in [2.05, 4.69) is 0 Å². The highest BCUT2D eigenvalue weighted by Crippen LogP contribution is 2.31. The molecule has 0 fully saturated rings. The Kier molecular flexibility index (Phi) is 9.40. The molecule has 0 radical (unpaired) electrons. The second-order valence-corrected chi connectivity index (χ2v) is 8.41. The van der Waals surface area contributed by atoms with E-state index in [9.17, 15) is 14.4 Å². The third kappa shape index (κ3) is 7.59. The van der Waals surface area contributed by atoms with Gasteiger partial charge in [0.05, 0.1) is 23.9 Å². The predicted molar refractivity (Wildman–Crippen MR) is 127 cm³/mol. The quantitative estimate of drug-likeness (QED) is 0.172. The number of rotatable bonds is 9. The summed E-state index contributed by atoms with van der Waals surface area (Å²) in [5.41, 5.74) is 1.72. The number of benzene rings is 2. The average molecular weight is 453 g/mol. The fraction of sp³-hybridized carbons (Fsp3) is 0.370. The lowest BCUT2D eigenvalue weighted by Crippen LogP contribution is -2.30. The van der Waals surface area contributed by atoms with Crippen molar-refractivity contribution in [3.8, 4) is 0 Å². The largest absolute Gasteiger partial charge is 0.462 e. The SMILES string of the molecule is CC(C)OC(=O)/C(=C\c1ccccc1)c1ccccc1C(C(=O)OC(C)C)C(=O)OC(C)C. The molecular formula is C27H32O6. The summed E-state index contributed by atoms with van der Waals surface area (Å²) in [6, 6.07) is 16.0. The van der Waals surface area contributed by atoms with Crippen LogP contribution in [0.1, 0.15) is 64.2 Å². The monoisotopic (exact) mass is 452 g/mol. The van der Waals surface area contributed by atoms with E-state index in [4.69, 9.17) is 14.2 Å². The van der Waals surface area contributed by atoms with E-state index in [1.165, 1.54) is 0 Å². The van der Waals surface area contributed by atoms with E-state index in [1.807, 2.05) is 30.3 Å². The molecule has 0 aliphatic heterocycles. The Labute approximate surface area is 195 Å². The maximum Gasteiger partial charge on any atom is 0.339 e. The first-order valence-electron chi connectivity index (χ1n) is 11.1. The maximum atomic E-state index is 13.1. The van der Waals surface area contributed by atoms with E-state index in [0.29, 0.717) is 11.1 Å². The standard InChI is InChI=1S/C27H32O6/c1-17(2)31-25(28)23(16-20-12-8-7-9-13-20)21-14-10-11-15-22(21)24(26(29)32-18(3)4)27(30)33-19(5)6/h7-19,24H,1-6H3/b23-16-. The Morgan fingerprint density at radius 2 is 1.15 bits per heavy atom. The van der Waals surface area contributed by atoms with Crippen LogP contribution in [0.4, 0.5) is 0 Å². The van der Waals surface area contributed by atoms with Crippen molar-refractivity contribution in [1.82, 2.24) is 0 Å². The Balaban J connectivity index is 2.69. The molecule has 2 aromatic rings. The van der Waals surface area contributed by atoms with Crippen LogP contribution in [0, 0.1) is 0 Å². The van der Waals surface area contributed by atoms with Gasteiger partial charge in [0.25, 0.3) is 0 Å². The Hall–Kier alpha value is -3.41. The second kappa shape index (κ2) is 12.0. The molecule has 0 amide bonds. The van der Waals surface area contributed by atoms with Crippen LogP contribution in [-0.4, -0.2) is 36.2 Å².